The maximum absolute atomic E-state index is 12.5. The van der Waals surface area contributed by atoms with Crippen LogP contribution in [0, 0.1) is 5.92 Å². The highest BCUT2D eigenvalue weighted by Gasteiger charge is 2.29. The van der Waals surface area contributed by atoms with Crippen molar-refractivity contribution in [1.82, 2.24) is 15.5 Å². The highest BCUT2D eigenvalue weighted by atomic mass is 16.2. The van der Waals surface area contributed by atoms with E-state index in [1.54, 1.807) is 0 Å². The van der Waals surface area contributed by atoms with E-state index < -0.39 is 0 Å². The first-order valence-corrected chi connectivity index (χ1v) is 10.1. The number of likely N-dealkylation sites (tertiary alicyclic amines) is 1. The van der Waals surface area contributed by atoms with Crippen LogP contribution in [-0.4, -0.2) is 42.5 Å². The van der Waals surface area contributed by atoms with Crippen LogP contribution in [0.5, 0.6) is 0 Å². The molecule has 0 aromatic heterocycles. The van der Waals surface area contributed by atoms with E-state index in [9.17, 15) is 9.59 Å². The van der Waals surface area contributed by atoms with Crippen LogP contribution < -0.4 is 10.6 Å². The maximum atomic E-state index is 12.5. The molecule has 1 aromatic rings. The predicted molar refractivity (Wildman–Crippen MR) is 103 cm³/mol. The van der Waals surface area contributed by atoms with E-state index in [0.29, 0.717) is 19.1 Å². The summed E-state index contributed by atoms with van der Waals surface area (Å²) in [5, 5.41) is 6.21. The van der Waals surface area contributed by atoms with E-state index in [1.807, 2.05) is 23.1 Å². The number of piperidine rings is 1. The minimum atomic E-state index is -0.0865. The molecule has 1 saturated heterocycles. The molecule has 1 aliphatic heterocycles. The first-order valence-electron chi connectivity index (χ1n) is 10.1. The summed E-state index contributed by atoms with van der Waals surface area (Å²) < 4.78 is 0. The number of hydrogen-bond donors (Lipinski definition) is 2. The van der Waals surface area contributed by atoms with Gasteiger partial charge < -0.3 is 15.5 Å². The van der Waals surface area contributed by atoms with Crippen LogP contribution >= 0.6 is 0 Å². The molecule has 26 heavy (non-hydrogen) atoms. The van der Waals surface area contributed by atoms with Gasteiger partial charge in [0, 0.05) is 25.7 Å². The molecular formula is C21H31N3O2. The van der Waals surface area contributed by atoms with Crippen molar-refractivity contribution in [2.75, 3.05) is 19.6 Å². The van der Waals surface area contributed by atoms with Gasteiger partial charge in [0.15, 0.2) is 0 Å². The number of carbonyl (C=O) groups is 2. The standard InChI is InChI=1S/C21H31N3O2/c25-20(22-14-13-17-8-3-1-4-9-17)18-10-7-15-24(16-18)21(26)23-19-11-5-2-6-12-19/h1,3-4,8-9,18-19H,2,5-7,10-16H2,(H,22,25)(H,23,26)/t18-/m0/s1. The molecule has 142 valence electrons. The van der Waals surface area contributed by atoms with Crippen molar-refractivity contribution in [3.8, 4) is 0 Å². The molecule has 1 saturated carbocycles. The summed E-state index contributed by atoms with van der Waals surface area (Å²) >= 11 is 0. The quantitative estimate of drug-likeness (QED) is 0.851. The van der Waals surface area contributed by atoms with Crippen molar-refractivity contribution in [3.05, 3.63) is 35.9 Å². The van der Waals surface area contributed by atoms with Gasteiger partial charge in [-0.3, -0.25) is 4.79 Å². The van der Waals surface area contributed by atoms with Gasteiger partial charge in [-0.1, -0.05) is 49.6 Å². The van der Waals surface area contributed by atoms with E-state index in [-0.39, 0.29) is 17.9 Å². The number of carbonyl (C=O) groups excluding carboxylic acids is 2. The largest absolute Gasteiger partial charge is 0.355 e. The van der Waals surface area contributed by atoms with Crippen molar-refractivity contribution in [3.63, 3.8) is 0 Å². The van der Waals surface area contributed by atoms with Crippen molar-refractivity contribution in [2.24, 2.45) is 5.92 Å². The second-order valence-corrected chi connectivity index (χ2v) is 7.60. The van der Waals surface area contributed by atoms with E-state index in [4.69, 9.17) is 0 Å². The molecule has 3 amide bonds. The lowest BCUT2D eigenvalue weighted by molar-refractivity contribution is -0.126. The first kappa shape index (κ1) is 18.7. The topological polar surface area (TPSA) is 61.4 Å². The monoisotopic (exact) mass is 357 g/mol. The molecule has 2 N–H and O–H groups in total. The molecule has 5 heteroatoms. The molecule has 0 bridgehead atoms. The van der Waals surface area contributed by atoms with E-state index >= 15 is 0 Å². The number of amides is 3. The van der Waals surface area contributed by atoms with Crippen LogP contribution in [0.3, 0.4) is 0 Å². The number of nitrogens with zero attached hydrogens (tertiary/aromatic N) is 1. The molecule has 2 aliphatic rings. The molecule has 0 unspecified atom stereocenters. The van der Waals surface area contributed by atoms with Crippen molar-refractivity contribution >= 4 is 11.9 Å². The predicted octanol–water partition coefficient (Wildman–Crippen LogP) is 3.10. The Kier molecular flexibility index (Phi) is 6.92. The zero-order valence-electron chi connectivity index (χ0n) is 15.6. The lowest BCUT2D eigenvalue weighted by Gasteiger charge is -2.34. The van der Waals surface area contributed by atoms with Gasteiger partial charge in [-0.15, -0.1) is 0 Å². The molecule has 2 fully saturated rings. The molecule has 5 nitrogen and oxygen atoms in total. The fourth-order valence-corrected chi connectivity index (χ4v) is 4.01. The summed E-state index contributed by atoms with van der Waals surface area (Å²) in [5.41, 5.74) is 1.23. The minimum Gasteiger partial charge on any atom is -0.355 e. The highest BCUT2D eigenvalue weighted by Crippen LogP contribution is 2.20. The Hall–Kier alpha value is -2.04. The zero-order valence-corrected chi connectivity index (χ0v) is 15.6. The Morgan fingerprint density at radius 1 is 1.00 bits per heavy atom. The van der Waals surface area contributed by atoms with Gasteiger partial charge in [0.25, 0.3) is 0 Å². The molecular weight excluding hydrogens is 326 g/mol. The van der Waals surface area contributed by atoms with Gasteiger partial charge in [-0.25, -0.2) is 4.79 Å². The second kappa shape index (κ2) is 9.60. The Balaban J connectivity index is 1.41. The van der Waals surface area contributed by atoms with Crippen LogP contribution in [0.4, 0.5) is 4.79 Å². The number of rotatable bonds is 5. The lowest BCUT2D eigenvalue weighted by Crippen LogP contribution is -2.51. The van der Waals surface area contributed by atoms with Crippen molar-refractivity contribution in [1.29, 1.82) is 0 Å². The average molecular weight is 357 g/mol. The molecule has 0 spiro atoms. The van der Waals surface area contributed by atoms with E-state index in [2.05, 4.69) is 22.8 Å². The molecule has 0 radical (unpaired) electrons. The van der Waals surface area contributed by atoms with E-state index in [0.717, 1.165) is 38.6 Å². The number of hydrogen-bond acceptors (Lipinski definition) is 2. The van der Waals surface area contributed by atoms with Crippen LogP contribution in [0.1, 0.15) is 50.5 Å². The van der Waals surface area contributed by atoms with Crippen LogP contribution in [0.15, 0.2) is 30.3 Å². The Morgan fingerprint density at radius 2 is 1.77 bits per heavy atom. The summed E-state index contributed by atoms with van der Waals surface area (Å²) in [6, 6.07) is 10.5. The van der Waals surface area contributed by atoms with Gasteiger partial charge in [-0.2, -0.15) is 0 Å². The summed E-state index contributed by atoms with van der Waals surface area (Å²) in [5.74, 6) is -0.00673. The summed E-state index contributed by atoms with van der Waals surface area (Å²) in [6.07, 6.45) is 8.46. The fraction of sp³-hybridized carbons (Fsp3) is 0.619. The average Bonchev–Trinajstić information content (AvgIpc) is 2.69. The fourth-order valence-electron chi connectivity index (χ4n) is 4.01. The van der Waals surface area contributed by atoms with Gasteiger partial charge in [0.1, 0.15) is 0 Å². The molecule has 1 heterocycles. The molecule has 1 aromatic carbocycles. The number of nitrogens with one attached hydrogen (secondary N) is 2. The molecule has 1 aliphatic carbocycles. The third kappa shape index (κ3) is 5.48. The number of benzene rings is 1. The highest BCUT2D eigenvalue weighted by molar-refractivity contribution is 5.81. The lowest BCUT2D eigenvalue weighted by atomic mass is 9.95. The summed E-state index contributed by atoms with van der Waals surface area (Å²) in [6.45, 7) is 1.94. The summed E-state index contributed by atoms with van der Waals surface area (Å²) in [4.78, 5) is 26.8. The normalized spacial score (nSPS) is 21.2. The Morgan fingerprint density at radius 3 is 2.54 bits per heavy atom. The van der Waals surface area contributed by atoms with E-state index in [1.165, 1.54) is 24.8 Å². The zero-order chi connectivity index (χ0) is 18.2. The molecule has 1 atom stereocenters. The Bertz CT molecular complexity index is 584. The minimum absolute atomic E-state index is 0.0127. The third-order valence-corrected chi connectivity index (χ3v) is 5.57. The van der Waals surface area contributed by atoms with Crippen LogP contribution in [0.2, 0.25) is 0 Å². The smallest absolute Gasteiger partial charge is 0.317 e. The molecule has 3 rings (SSSR count). The van der Waals surface area contributed by atoms with Gasteiger partial charge in [-0.05, 0) is 37.7 Å². The third-order valence-electron chi connectivity index (χ3n) is 5.57. The van der Waals surface area contributed by atoms with Gasteiger partial charge in [0.05, 0.1) is 5.92 Å². The van der Waals surface area contributed by atoms with Gasteiger partial charge in [0.2, 0.25) is 5.91 Å². The van der Waals surface area contributed by atoms with Crippen molar-refractivity contribution in [2.45, 2.75) is 57.4 Å². The number of urea groups is 1. The first-order chi connectivity index (χ1) is 12.7. The van der Waals surface area contributed by atoms with Crippen molar-refractivity contribution < 1.29 is 9.59 Å². The van der Waals surface area contributed by atoms with Gasteiger partial charge >= 0.3 is 6.03 Å². The second-order valence-electron chi connectivity index (χ2n) is 7.60. The van der Waals surface area contributed by atoms with Crippen LogP contribution in [-0.2, 0) is 11.2 Å². The summed E-state index contributed by atoms with van der Waals surface area (Å²) in [7, 11) is 0. The Labute approximate surface area is 156 Å². The van der Waals surface area contributed by atoms with Crippen LogP contribution in [0.25, 0.3) is 0 Å². The SMILES string of the molecule is O=C(NCCc1ccccc1)[C@H]1CCCN(C(=O)NC2CCCCC2)C1. The maximum Gasteiger partial charge on any atom is 0.317 e.